The minimum absolute atomic E-state index is 0.125. The van der Waals surface area contributed by atoms with Crippen molar-refractivity contribution in [2.75, 3.05) is 0 Å². The van der Waals surface area contributed by atoms with Gasteiger partial charge in [-0.1, -0.05) is 48.5 Å². The Hall–Kier alpha value is -1.67. The summed E-state index contributed by atoms with van der Waals surface area (Å²) in [4.78, 5) is 0. The van der Waals surface area contributed by atoms with Crippen molar-refractivity contribution in [2.45, 2.75) is 13.3 Å². The topological polar surface area (TPSA) is 20.2 Å². The van der Waals surface area contributed by atoms with Gasteiger partial charge in [0.05, 0.1) is 6.61 Å². The zero-order chi connectivity index (χ0) is 11.4. The summed E-state index contributed by atoms with van der Waals surface area (Å²) in [5.41, 5.74) is 3.07. The van der Waals surface area contributed by atoms with Gasteiger partial charge in [0, 0.05) is 0 Å². The molecule has 0 aliphatic carbocycles. The maximum atomic E-state index is 13.0. The molecule has 82 valence electrons. The van der Waals surface area contributed by atoms with Gasteiger partial charge in [-0.3, -0.25) is 0 Å². The van der Waals surface area contributed by atoms with E-state index in [4.69, 9.17) is 5.11 Å². The van der Waals surface area contributed by atoms with Crippen LogP contribution in [0.1, 0.15) is 11.1 Å². The summed E-state index contributed by atoms with van der Waals surface area (Å²) >= 11 is 0. The molecule has 0 saturated carbocycles. The van der Waals surface area contributed by atoms with E-state index >= 15 is 0 Å². The van der Waals surface area contributed by atoms with Crippen LogP contribution < -0.4 is 0 Å². The van der Waals surface area contributed by atoms with Gasteiger partial charge in [-0.15, -0.1) is 0 Å². The van der Waals surface area contributed by atoms with E-state index in [-0.39, 0.29) is 6.61 Å². The van der Waals surface area contributed by atoms with E-state index in [1.54, 1.807) is 6.07 Å². The predicted molar refractivity (Wildman–Crippen MR) is 62.6 cm³/mol. The zero-order valence-corrected chi connectivity index (χ0v) is 8.86. The first kappa shape index (κ1) is 10.8. The van der Waals surface area contributed by atoms with Gasteiger partial charge >= 0.3 is 0 Å². The summed E-state index contributed by atoms with van der Waals surface area (Å²) in [5.74, 6) is 0. The van der Waals surface area contributed by atoms with Crippen LogP contribution in [-0.4, -0.2) is 5.11 Å². The number of aliphatic hydroxyl groups is 1. The molecular weight excluding hydrogens is 203 g/mol. The van der Waals surface area contributed by atoms with Crippen LogP contribution in [0.5, 0.6) is 0 Å². The summed E-state index contributed by atoms with van der Waals surface area (Å²) < 4.78 is 13.0. The Morgan fingerprint density at radius 2 is 1.69 bits per heavy atom. The van der Waals surface area contributed by atoms with Crippen LogP contribution in [0.15, 0.2) is 48.5 Å². The smallest absolute Gasteiger partial charge is 0.115 e. The maximum Gasteiger partial charge on any atom is 0.115 e. The van der Waals surface area contributed by atoms with Gasteiger partial charge in [0.15, 0.2) is 0 Å². The zero-order valence-electron chi connectivity index (χ0n) is 8.86. The molecule has 1 nitrogen and oxygen atoms in total. The number of hydrogen-bond acceptors (Lipinski definition) is 1. The lowest BCUT2D eigenvalue weighted by Gasteiger charge is -2.10. The maximum absolute atomic E-state index is 13.0. The number of hydrogen-bond donors (Lipinski definition) is 1. The van der Waals surface area contributed by atoms with Crippen LogP contribution >= 0.6 is 0 Å². The Morgan fingerprint density at radius 3 is 2.31 bits per heavy atom. The number of benzene rings is 2. The summed E-state index contributed by atoms with van der Waals surface area (Å²) in [5, 5.41) is 9.15. The van der Waals surface area contributed by atoms with Crippen molar-refractivity contribution in [3.8, 4) is 11.1 Å². The average molecular weight is 216 g/mol. The standard InChI is InChI=1S/C14H13FO/c15-9-14-12(10-16)7-4-8-13(14)11-5-2-1-3-6-11/h1-8,16H,9-10H2. The molecule has 0 bridgehead atoms. The highest BCUT2D eigenvalue weighted by Gasteiger charge is 2.08. The van der Waals surface area contributed by atoms with Crippen molar-refractivity contribution in [3.05, 3.63) is 59.7 Å². The van der Waals surface area contributed by atoms with Crippen LogP contribution in [-0.2, 0) is 13.3 Å². The lowest BCUT2D eigenvalue weighted by Crippen LogP contribution is -1.95. The van der Waals surface area contributed by atoms with Crippen LogP contribution in [0.25, 0.3) is 11.1 Å². The van der Waals surface area contributed by atoms with Crippen LogP contribution in [0.4, 0.5) is 4.39 Å². The normalized spacial score (nSPS) is 10.4. The van der Waals surface area contributed by atoms with Gasteiger partial charge in [0.25, 0.3) is 0 Å². The Bertz CT molecular complexity index is 465. The molecular formula is C14H13FO. The Kier molecular flexibility index (Phi) is 3.32. The van der Waals surface area contributed by atoms with Crippen LogP contribution in [0.2, 0.25) is 0 Å². The molecule has 2 aromatic carbocycles. The van der Waals surface area contributed by atoms with Crippen LogP contribution in [0.3, 0.4) is 0 Å². The Labute approximate surface area is 94.2 Å². The van der Waals surface area contributed by atoms with E-state index in [0.29, 0.717) is 11.1 Å². The average Bonchev–Trinajstić information content (AvgIpc) is 2.38. The first-order valence-corrected chi connectivity index (χ1v) is 5.20. The second-order valence-corrected chi connectivity index (χ2v) is 3.60. The largest absolute Gasteiger partial charge is 0.392 e. The fraction of sp³-hybridized carbons (Fsp3) is 0.143. The minimum atomic E-state index is -0.555. The minimum Gasteiger partial charge on any atom is -0.392 e. The number of halogens is 1. The quantitative estimate of drug-likeness (QED) is 0.834. The fourth-order valence-electron chi connectivity index (χ4n) is 1.83. The summed E-state index contributed by atoms with van der Waals surface area (Å²) in [6.45, 7) is -0.680. The molecule has 0 aromatic heterocycles. The second-order valence-electron chi connectivity index (χ2n) is 3.60. The molecule has 0 spiro atoms. The molecule has 0 fully saturated rings. The molecule has 0 atom stereocenters. The van der Waals surface area contributed by atoms with Crippen molar-refractivity contribution in [3.63, 3.8) is 0 Å². The van der Waals surface area contributed by atoms with E-state index in [2.05, 4.69) is 0 Å². The van der Waals surface area contributed by atoms with Gasteiger partial charge in [-0.2, -0.15) is 0 Å². The van der Waals surface area contributed by atoms with Crippen molar-refractivity contribution in [1.29, 1.82) is 0 Å². The van der Waals surface area contributed by atoms with E-state index in [0.717, 1.165) is 11.1 Å². The summed E-state index contributed by atoms with van der Waals surface area (Å²) in [6.07, 6.45) is 0. The summed E-state index contributed by atoms with van der Waals surface area (Å²) in [6, 6.07) is 15.1. The van der Waals surface area contributed by atoms with E-state index in [1.165, 1.54) is 0 Å². The molecule has 0 unspecified atom stereocenters. The van der Waals surface area contributed by atoms with Gasteiger partial charge in [0.2, 0.25) is 0 Å². The second kappa shape index (κ2) is 4.90. The molecule has 2 heteroatoms. The first-order valence-electron chi connectivity index (χ1n) is 5.20. The van der Waals surface area contributed by atoms with Crippen molar-refractivity contribution >= 4 is 0 Å². The molecule has 16 heavy (non-hydrogen) atoms. The first-order chi connectivity index (χ1) is 7.86. The lowest BCUT2D eigenvalue weighted by atomic mass is 9.96. The van der Waals surface area contributed by atoms with E-state index in [9.17, 15) is 4.39 Å². The molecule has 2 rings (SSSR count). The predicted octanol–water partition coefficient (Wildman–Crippen LogP) is 3.32. The highest BCUT2D eigenvalue weighted by atomic mass is 19.1. The van der Waals surface area contributed by atoms with Gasteiger partial charge in [-0.25, -0.2) is 4.39 Å². The van der Waals surface area contributed by atoms with Gasteiger partial charge < -0.3 is 5.11 Å². The number of alkyl halides is 1. The van der Waals surface area contributed by atoms with Crippen molar-refractivity contribution in [2.24, 2.45) is 0 Å². The molecule has 0 aliphatic rings. The summed E-state index contributed by atoms with van der Waals surface area (Å²) in [7, 11) is 0. The molecule has 0 heterocycles. The highest BCUT2D eigenvalue weighted by molar-refractivity contribution is 5.68. The SMILES string of the molecule is OCc1cccc(-c2ccccc2)c1CF. The molecule has 0 radical (unpaired) electrons. The molecule has 1 N–H and O–H groups in total. The Balaban J connectivity index is 2.57. The molecule has 0 amide bonds. The van der Waals surface area contributed by atoms with Crippen LogP contribution in [0, 0.1) is 0 Å². The monoisotopic (exact) mass is 216 g/mol. The Morgan fingerprint density at radius 1 is 0.938 bits per heavy atom. The fourth-order valence-corrected chi connectivity index (χ4v) is 1.83. The van der Waals surface area contributed by atoms with Gasteiger partial charge in [-0.05, 0) is 22.3 Å². The van der Waals surface area contributed by atoms with Crippen molar-refractivity contribution in [1.82, 2.24) is 0 Å². The number of rotatable bonds is 3. The van der Waals surface area contributed by atoms with E-state index in [1.807, 2.05) is 42.5 Å². The van der Waals surface area contributed by atoms with Gasteiger partial charge in [0.1, 0.15) is 6.67 Å². The highest BCUT2D eigenvalue weighted by Crippen LogP contribution is 2.27. The number of aliphatic hydroxyl groups excluding tert-OH is 1. The molecule has 2 aromatic rings. The third kappa shape index (κ3) is 1.97. The third-order valence-corrected chi connectivity index (χ3v) is 2.66. The molecule has 0 saturated heterocycles. The lowest BCUT2D eigenvalue weighted by molar-refractivity contribution is 0.279. The molecule has 0 aliphatic heterocycles. The van der Waals surface area contributed by atoms with Crippen molar-refractivity contribution < 1.29 is 9.50 Å². The third-order valence-electron chi connectivity index (χ3n) is 2.66. The van der Waals surface area contributed by atoms with E-state index < -0.39 is 6.67 Å².